The summed E-state index contributed by atoms with van der Waals surface area (Å²) in [6, 6.07) is 3.89. The molecule has 0 aliphatic rings. The average molecular weight is 235 g/mol. The lowest BCUT2D eigenvalue weighted by molar-refractivity contribution is -0.141. The third-order valence-electron chi connectivity index (χ3n) is 3.12. The molecule has 1 rings (SSSR count). The predicted molar refractivity (Wildman–Crippen MR) is 70.4 cm³/mol. The minimum Gasteiger partial charge on any atom is -0.467 e. The Morgan fingerprint density at radius 3 is 2.59 bits per heavy atom. The van der Waals surface area contributed by atoms with Crippen molar-refractivity contribution in [1.29, 1.82) is 0 Å². The van der Waals surface area contributed by atoms with E-state index in [2.05, 4.69) is 38.2 Å². The Bertz CT molecular complexity index is 413. The van der Waals surface area contributed by atoms with Crippen molar-refractivity contribution in [1.82, 2.24) is 0 Å². The van der Waals surface area contributed by atoms with Gasteiger partial charge >= 0.3 is 5.97 Å². The maximum absolute atomic E-state index is 11.4. The number of methoxy groups -OCH3 is 1. The van der Waals surface area contributed by atoms with Crippen LogP contribution in [0.15, 0.2) is 12.1 Å². The van der Waals surface area contributed by atoms with E-state index in [-0.39, 0.29) is 12.0 Å². The van der Waals surface area contributed by atoms with Crippen LogP contribution in [0.3, 0.4) is 0 Å². The maximum Gasteiger partial charge on any atom is 0.327 e. The van der Waals surface area contributed by atoms with Crippen molar-refractivity contribution in [3.8, 4) is 0 Å². The lowest BCUT2D eigenvalue weighted by Crippen LogP contribution is -2.28. The molecule has 0 aliphatic heterocycles. The van der Waals surface area contributed by atoms with Crippen LogP contribution < -0.4 is 5.32 Å². The molecule has 3 heteroatoms. The summed E-state index contributed by atoms with van der Waals surface area (Å²) in [6.07, 6.45) is 0.942. The van der Waals surface area contributed by atoms with Crippen molar-refractivity contribution < 1.29 is 9.53 Å². The van der Waals surface area contributed by atoms with Crippen molar-refractivity contribution in [2.75, 3.05) is 12.4 Å². The van der Waals surface area contributed by atoms with Crippen LogP contribution in [0, 0.1) is 13.8 Å². The molecule has 0 bridgehead atoms. The van der Waals surface area contributed by atoms with Gasteiger partial charge in [-0.3, -0.25) is 0 Å². The number of nitrogens with one attached hydrogen (secondary N) is 1. The molecule has 0 saturated carbocycles. The zero-order valence-electron chi connectivity index (χ0n) is 11.3. The average Bonchev–Trinajstić information content (AvgIpc) is 2.34. The van der Waals surface area contributed by atoms with E-state index >= 15 is 0 Å². The Hall–Kier alpha value is -1.51. The minimum atomic E-state index is -0.328. The van der Waals surface area contributed by atoms with Gasteiger partial charge in [0.05, 0.1) is 7.11 Å². The van der Waals surface area contributed by atoms with Gasteiger partial charge in [-0.25, -0.2) is 4.79 Å². The SMILES string of the molecule is CCc1ccc(C)c(C)c1NC(C)C(=O)OC. The molecule has 0 fully saturated rings. The van der Waals surface area contributed by atoms with Crippen molar-refractivity contribution in [2.45, 2.75) is 40.2 Å². The first-order valence-electron chi connectivity index (χ1n) is 5.94. The Balaban J connectivity index is 3.04. The summed E-state index contributed by atoms with van der Waals surface area (Å²) in [5, 5.41) is 3.25. The van der Waals surface area contributed by atoms with E-state index in [1.54, 1.807) is 0 Å². The lowest BCUT2D eigenvalue weighted by atomic mass is 10.0. The molecule has 17 heavy (non-hydrogen) atoms. The normalized spacial score (nSPS) is 12.1. The summed E-state index contributed by atoms with van der Waals surface area (Å²) >= 11 is 0. The topological polar surface area (TPSA) is 38.3 Å². The molecule has 0 saturated heterocycles. The molecule has 3 nitrogen and oxygen atoms in total. The summed E-state index contributed by atoms with van der Waals surface area (Å²) < 4.78 is 4.73. The number of carbonyl (C=O) groups is 1. The van der Waals surface area contributed by atoms with Gasteiger partial charge in [0.15, 0.2) is 0 Å². The van der Waals surface area contributed by atoms with E-state index in [1.165, 1.54) is 23.8 Å². The summed E-state index contributed by atoms with van der Waals surface area (Å²) in [4.78, 5) is 11.4. The fourth-order valence-corrected chi connectivity index (χ4v) is 1.82. The molecule has 0 radical (unpaired) electrons. The highest BCUT2D eigenvalue weighted by Crippen LogP contribution is 2.25. The number of aryl methyl sites for hydroxylation is 2. The van der Waals surface area contributed by atoms with Crippen LogP contribution in [-0.2, 0) is 16.0 Å². The number of hydrogen-bond acceptors (Lipinski definition) is 3. The Kier molecular flexibility index (Phi) is 4.55. The fourth-order valence-electron chi connectivity index (χ4n) is 1.82. The van der Waals surface area contributed by atoms with Crippen molar-refractivity contribution >= 4 is 11.7 Å². The lowest BCUT2D eigenvalue weighted by Gasteiger charge is -2.19. The van der Waals surface area contributed by atoms with Crippen LogP contribution in [0.4, 0.5) is 5.69 Å². The second kappa shape index (κ2) is 5.71. The van der Waals surface area contributed by atoms with E-state index in [4.69, 9.17) is 4.74 Å². The molecule has 1 aromatic carbocycles. The van der Waals surface area contributed by atoms with Crippen LogP contribution in [0.2, 0.25) is 0 Å². The summed E-state index contributed by atoms with van der Waals surface area (Å²) in [5.74, 6) is -0.243. The van der Waals surface area contributed by atoms with Gasteiger partial charge in [-0.2, -0.15) is 0 Å². The summed E-state index contributed by atoms with van der Waals surface area (Å²) in [7, 11) is 1.41. The highest BCUT2D eigenvalue weighted by Gasteiger charge is 2.15. The van der Waals surface area contributed by atoms with Gasteiger partial charge < -0.3 is 10.1 Å². The number of ether oxygens (including phenoxy) is 1. The van der Waals surface area contributed by atoms with Gasteiger partial charge in [-0.1, -0.05) is 19.1 Å². The van der Waals surface area contributed by atoms with Crippen molar-refractivity contribution in [3.63, 3.8) is 0 Å². The number of anilines is 1. The van der Waals surface area contributed by atoms with Crippen LogP contribution in [0.25, 0.3) is 0 Å². The van der Waals surface area contributed by atoms with Crippen LogP contribution in [0.5, 0.6) is 0 Å². The second-order valence-electron chi connectivity index (χ2n) is 4.28. The Morgan fingerprint density at radius 1 is 1.41 bits per heavy atom. The first-order valence-corrected chi connectivity index (χ1v) is 5.94. The van der Waals surface area contributed by atoms with Crippen LogP contribution in [0.1, 0.15) is 30.5 Å². The predicted octanol–water partition coefficient (Wildman–Crippen LogP) is 2.84. The minimum absolute atomic E-state index is 0.243. The Labute approximate surface area is 103 Å². The van der Waals surface area contributed by atoms with E-state index in [1.807, 2.05) is 6.92 Å². The van der Waals surface area contributed by atoms with Crippen molar-refractivity contribution in [3.05, 3.63) is 28.8 Å². The molecule has 1 unspecified atom stereocenters. The molecule has 1 N–H and O–H groups in total. The molecule has 0 aromatic heterocycles. The highest BCUT2D eigenvalue weighted by atomic mass is 16.5. The van der Waals surface area contributed by atoms with Gasteiger partial charge in [0.1, 0.15) is 6.04 Å². The second-order valence-corrected chi connectivity index (χ2v) is 4.28. The fraction of sp³-hybridized carbons (Fsp3) is 0.500. The summed E-state index contributed by atoms with van der Waals surface area (Å²) in [6.45, 7) is 8.06. The molecule has 0 heterocycles. The van der Waals surface area contributed by atoms with Gasteiger partial charge in [0, 0.05) is 5.69 Å². The zero-order chi connectivity index (χ0) is 13.0. The molecular formula is C14H21NO2. The van der Waals surface area contributed by atoms with E-state index in [0.717, 1.165) is 12.1 Å². The Morgan fingerprint density at radius 2 is 2.06 bits per heavy atom. The number of carbonyl (C=O) groups excluding carboxylic acids is 1. The van der Waals surface area contributed by atoms with Crippen LogP contribution >= 0.6 is 0 Å². The number of esters is 1. The first kappa shape index (κ1) is 13.6. The first-order chi connectivity index (χ1) is 8.01. The molecule has 0 aliphatic carbocycles. The molecular weight excluding hydrogens is 214 g/mol. The number of benzene rings is 1. The quantitative estimate of drug-likeness (QED) is 0.815. The van der Waals surface area contributed by atoms with E-state index in [9.17, 15) is 4.79 Å². The molecule has 1 aromatic rings. The number of hydrogen-bond donors (Lipinski definition) is 1. The number of rotatable bonds is 4. The third kappa shape index (κ3) is 2.99. The monoisotopic (exact) mass is 235 g/mol. The van der Waals surface area contributed by atoms with E-state index in [0.29, 0.717) is 0 Å². The summed E-state index contributed by atoms with van der Waals surface area (Å²) in [5.41, 5.74) is 4.70. The molecule has 1 atom stereocenters. The van der Waals surface area contributed by atoms with Gasteiger partial charge in [0.2, 0.25) is 0 Å². The van der Waals surface area contributed by atoms with Crippen LogP contribution in [-0.4, -0.2) is 19.1 Å². The standard InChI is InChI=1S/C14H21NO2/c1-6-12-8-7-9(2)10(3)13(12)15-11(4)14(16)17-5/h7-8,11,15H,6H2,1-5H3. The van der Waals surface area contributed by atoms with Gasteiger partial charge in [0.25, 0.3) is 0 Å². The van der Waals surface area contributed by atoms with E-state index < -0.39 is 0 Å². The largest absolute Gasteiger partial charge is 0.467 e. The maximum atomic E-state index is 11.4. The highest BCUT2D eigenvalue weighted by molar-refractivity contribution is 5.79. The van der Waals surface area contributed by atoms with Gasteiger partial charge in [-0.05, 0) is 43.9 Å². The molecule has 0 amide bonds. The molecule has 94 valence electrons. The van der Waals surface area contributed by atoms with Gasteiger partial charge in [-0.15, -0.1) is 0 Å². The molecule has 0 spiro atoms. The zero-order valence-corrected chi connectivity index (χ0v) is 11.3. The van der Waals surface area contributed by atoms with Crippen molar-refractivity contribution in [2.24, 2.45) is 0 Å². The third-order valence-corrected chi connectivity index (χ3v) is 3.12. The smallest absolute Gasteiger partial charge is 0.327 e.